The van der Waals surface area contributed by atoms with Crippen LogP contribution in [0.5, 0.6) is 5.75 Å². The molecule has 0 bridgehead atoms. The van der Waals surface area contributed by atoms with E-state index in [0.29, 0.717) is 17.3 Å². The summed E-state index contributed by atoms with van der Waals surface area (Å²) in [6.45, 7) is 0.540. The molecule has 124 valence electrons. The van der Waals surface area contributed by atoms with Crippen molar-refractivity contribution in [1.29, 1.82) is 0 Å². The van der Waals surface area contributed by atoms with Crippen LogP contribution in [0.3, 0.4) is 0 Å². The second-order valence-corrected chi connectivity index (χ2v) is 5.80. The minimum absolute atomic E-state index is 0.237. The smallest absolute Gasteiger partial charge is 0.319 e. The van der Waals surface area contributed by atoms with E-state index in [2.05, 4.69) is 15.6 Å². The Labute approximate surface area is 145 Å². The largest absolute Gasteiger partial charge is 0.497 e. The fourth-order valence-corrected chi connectivity index (χ4v) is 2.64. The molecule has 0 radical (unpaired) electrons. The highest BCUT2D eigenvalue weighted by atomic mass is 35.5. The van der Waals surface area contributed by atoms with Crippen molar-refractivity contribution in [3.05, 3.63) is 59.2 Å². The van der Waals surface area contributed by atoms with Crippen molar-refractivity contribution in [3.63, 3.8) is 0 Å². The van der Waals surface area contributed by atoms with Gasteiger partial charge in [0.05, 0.1) is 7.11 Å². The monoisotopic (exact) mass is 343 g/mol. The van der Waals surface area contributed by atoms with E-state index in [1.807, 2.05) is 24.4 Å². The van der Waals surface area contributed by atoms with E-state index < -0.39 is 0 Å². The van der Waals surface area contributed by atoms with Crippen LogP contribution in [-0.2, 0) is 6.42 Å². The van der Waals surface area contributed by atoms with Gasteiger partial charge in [-0.2, -0.15) is 0 Å². The SMILES string of the molecule is COc1ccc2c(CCNC(=O)Nc3ccc(Cl)cc3)c[nH]c2c1. The highest BCUT2D eigenvalue weighted by Gasteiger charge is 2.06. The van der Waals surface area contributed by atoms with Gasteiger partial charge in [0.15, 0.2) is 0 Å². The molecule has 0 saturated heterocycles. The highest BCUT2D eigenvalue weighted by Crippen LogP contribution is 2.23. The van der Waals surface area contributed by atoms with E-state index >= 15 is 0 Å². The fourth-order valence-electron chi connectivity index (χ4n) is 2.52. The number of aromatic nitrogens is 1. The van der Waals surface area contributed by atoms with Crippen molar-refractivity contribution >= 4 is 34.2 Å². The number of halogens is 1. The van der Waals surface area contributed by atoms with E-state index in [9.17, 15) is 4.79 Å². The van der Waals surface area contributed by atoms with Crippen molar-refractivity contribution in [1.82, 2.24) is 10.3 Å². The lowest BCUT2D eigenvalue weighted by molar-refractivity contribution is 0.252. The molecule has 0 fully saturated rings. The molecule has 3 rings (SSSR count). The Kier molecular flexibility index (Phi) is 4.91. The van der Waals surface area contributed by atoms with Gasteiger partial charge in [-0.15, -0.1) is 0 Å². The molecule has 0 spiro atoms. The molecule has 3 aromatic rings. The van der Waals surface area contributed by atoms with Gasteiger partial charge >= 0.3 is 6.03 Å². The molecule has 1 aromatic heterocycles. The summed E-state index contributed by atoms with van der Waals surface area (Å²) in [5, 5.41) is 7.39. The van der Waals surface area contributed by atoms with Crippen molar-refractivity contribution in [3.8, 4) is 5.75 Å². The summed E-state index contributed by atoms with van der Waals surface area (Å²) in [5.41, 5.74) is 2.88. The zero-order valence-electron chi connectivity index (χ0n) is 13.2. The van der Waals surface area contributed by atoms with Crippen LogP contribution in [0.15, 0.2) is 48.7 Å². The van der Waals surface area contributed by atoms with E-state index in [1.54, 1.807) is 31.4 Å². The van der Waals surface area contributed by atoms with Gasteiger partial charge in [-0.3, -0.25) is 0 Å². The molecule has 0 aliphatic rings. The van der Waals surface area contributed by atoms with Crippen LogP contribution in [-0.4, -0.2) is 24.7 Å². The molecule has 0 unspecified atom stereocenters. The van der Waals surface area contributed by atoms with E-state index in [0.717, 1.165) is 28.6 Å². The summed E-state index contributed by atoms with van der Waals surface area (Å²) >= 11 is 5.82. The average Bonchev–Trinajstić information content (AvgIpc) is 2.99. The summed E-state index contributed by atoms with van der Waals surface area (Å²) in [7, 11) is 1.65. The predicted molar refractivity (Wildman–Crippen MR) is 97.0 cm³/mol. The van der Waals surface area contributed by atoms with Gasteiger partial charge < -0.3 is 20.4 Å². The lowest BCUT2D eigenvalue weighted by atomic mass is 10.1. The van der Waals surface area contributed by atoms with Gasteiger partial charge in [-0.1, -0.05) is 11.6 Å². The lowest BCUT2D eigenvalue weighted by Gasteiger charge is -2.07. The Bertz CT molecular complexity index is 843. The third-order valence-electron chi connectivity index (χ3n) is 3.76. The number of rotatable bonds is 5. The second-order valence-electron chi connectivity index (χ2n) is 5.36. The summed E-state index contributed by atoms with van der Waals surface area (Å²) in [6, 6.07) is 12.7. The van der Waals surface area contributed by atoms with Gasteiger partial charge in [0, 0.05) is 40.4 Å². The van der Waals surface area contributed by atoms with Crippen LogP contribution in [0.2, 0.25) is 5.02 Å². The molecule has 3 N–H and O–H groups in total. The molecule has 6 heteroatoms. The number of fused-ring (bicyclic) bond motifs is 1. The van der Waals surface area contributed by atoms with Crippen molar-refractivity contribution in [2.75, 3.05) is 19.0 Å². The maximum Gasteiger partial charge on any atom is 0.319 e. The number of nitrogens with one attached hydrogen (secondary N) is 3. The molecule has 0 aliphatic heterocycles. The molecule has 0 saturated carbocycles. The first-order chi connectivity index (χ1) is 11.7. The van der Waals surface area contributed by atoms with Crippen LogP contribution < -0.4 is 15.4 Å². The normalized spacial score (nSPS) is 10.6. The van der Waals surface area contributed by atoms with Crippen LogP contribution in [0.4, 0.5) is 10.5 Å². The van der Waals surface area contributed by atoms with Crippen molar-refractivity contribution in [2.45, 2.75) is 6.42 Å². The number of aromatic amines is 1. The van der Waals surface area contributed by atoms with E-state index in [1.165, 1.54) is 0 Å². The molecular formula is C18H18ClN3O2. The third-order valence-corrected chi connectivity index (χ3v) is 4.01. The topological polar surface area (TPSA) is 66.2 Å². The number of anilines is 1. The van der Waals surface area contributed by atoms with Gasteiger partial charge in [0.1, 0.15) is 5.75 Å². The van der Waals surface area contributed by atoms with Gasteiger partial charge in [0.2, 0.25) is 0 Å². The molecule has 2 aromatic carbocycles. The van der Waals surface area contributed by atoms with E-state index in [-0.39, 0.29) is 6.03 Å². The molecule has 0 atom stereocenters. The minimum Gasteiger partial charge on any atom is -0.497 e. The van der Waals surface area contributed by atoms with Gasteiger partial charge in [-0.25, -0.2) is 4.79 Å². The highest BCUT2D eigenvalue weighted by molar-refractivity contribution is 6.30. The number of carbonyl (C=O) groups excluding carboxylic acids is 1. The standard InChI is InChI=1S/C18H18ClN3O2/c1-24-15-6-7-16-12(11-21-17(16)10-15)8-9-20-18(23)22-14-4-2-13(19)3-5-14/h2-7,10-11,21H,8-9H2,1H3,(H2,20,22,23). The Morgan fingerprint density at radius 1 is 1.21 bits per heavy atom. The Morgan fingerprint density at radius 3 is 2.75 bits per heavy atom. The number of urea groups is 1. The third kappa shape index (κ3) is 3.81. The lowest BCUT2D eigenvalue weighted by Crippen LogP contribution is -2.30. The number of methoxy groups -OCH3 is 1. The minimum atomic E-state index is -0.237. The predicted octanol–water partition coefficient (Wildman–Crippen LogP) is 4.19. The maximum absolute atomic E-state index is 11.9. The number of benzene rings is 2. The Balaban J connectivity index is 1.54. The van der Waals surface area contributed by atoms with Gasteiger partial charge in [-0.05, 0) is 48.4 Å². The fraction of sp³-hybridized carbons (Fsp3) is 0.167. The molecule has 0 aliphatic carbocycles. The summed E-state index contributed by atoms with van der Waals surface area (Å²) in [4.78, 5) is 15.1. The number of amides is 2. The Hall–Kier alpha value is -2.66. The quantitative estimate of drug-likeness (QED) is 0.650. The Morgan fingerprint density at radius 2 is 2.00 bits per heavy atom. The molecule has 2 amide bonds. The van der Waals surface area contributed by atoms with Crippen LogP contribution in [0.1, 0.15) is 5.56 Å². The number of H-pyrrole nitrogens is 1. The number of ether oxygens (including phenoxy) is 1. The molecule has 5 nitrogen and oxygen atoms in total. The summed E-state index contributed by atoms with van der Waals surface area (Å²) < 4.78 is 5.21. The van der Waals surface area contributed by atoms with Crippen LogP contribution in [0, 0.1) is 0 Å². The first-order valence-corrected chi connectivity index (χ1v) is 7.98. The number of carbonyl (C=O) groups is 1. The zero-order valence-corrected chi connectivity index (χ0v) is 14.0. The first kappa shape index (κ1) is 16.2. The van der Waals surface area contributed by atoms with Crippen molar-refractivity contribution in [2.24, 2.45) is 0 Å². The van der Waals surface area contributed by atoms with Crippen LogP contribution in [0.25, 0.3) is 10.9 Å². The first-order valence-electron chi connectivity index (χ1n) is 7.60. The summed E-state index contributed by atoms with van der Waals surface area (Å²) in [5.74, 6) is 0.816. The average molecular weight is 344 g/mol. The van der Waals surface area contributed by atoms with Gasteiger partial charge in [0.25, 0.3) is 0 Å². The molecular weight excluding hydrogens is 326 g/mol. The summed E-state index contributed by atoms with van der Waals surface area (Å²) in [6.07, 6.45) is 2.70. The number of hydrogen-bond donors (Lipinski definition) is 3. The second kappa shape index (κ2) is 7.27. The molecule has 1 heterocycles. The van der Waals surface area contributed by atoms with E-state index in [4.69, 9.17) is 16.3 Å². The molecule has 24 heavy (non-hydrogen) atoms. The number of hydrogen-bond acceptors (Lipinski definition) is 2. The maximum atomic E-state index is 11.9. The van der Waals surface area contributed by atoms with Crippen molar-refractivity contribution < 1.29 is 9.53 Å². The van der Waals surface area contributed by atoms with Crippen LogP contribution >= 0.6 is 11.6 Å². The zero-order chi connectivity index (χ0) is 16.9.